The molecule has 0 fully saturated rings. The Balaban J connectivity index is 2.44. The molecule has 0 aliphatic heterocycles. The molecule has 1 unspecified atom stereocenters. The van der Waals surface area contributed by atoms with Gasteiger partial charge < -0.3 is 10.8 Å². The van der Waals surface area contributed by atoms with Crippen LogP contribution in [0.15, 0.2) is 12.4 Å². The van der Waals surface area contributed by atoms with Crippen LogP contribution in [0.2, 0.25) is 0 Å². The maximum Gasteiger partial charge on any atom is 0.325 e. The predicted molar refractivity (Wildman–Crippen MR) is 50.8 cm³/mol. The van der Waals surface area contributed by atoms with Gasteiger partial charge in [-0.2, -0.15) is 0 Å². The van der Waals surface area contributed by atoms with E-state index in [1.807, 2.05) is 0 Å². The van der Waals surface area contributed by atoms with E-state index in [0.717, 1.165) is 30.4 Å². The van der Waals surface area contributed by atoms with Crippen LogP contribution < -0.4 is 5.73 Å². The minimum Gasteiger partial charge on any atom is -0.480 e. The van der Waals surface area contributed by atoms with Crippen molar-refractivity contribution in [2.45, 2.75) is 25.3 Å². The van der Waals surface area contributed by atoms with Crippen molar-refractivity contribution in [2.75, 3.05) is 0 Å². The van der Waals surface area contributed by atoms with E-state index in [2.05, 4.69) is 4.98 Å². The zero-order chi connectivity index (χ0) is 10.1. The van der Waals surface area contributed by atoms with E-state index in [4.69, 9.17) is 10.8 Å². The fourth-order valence-corrected chi connectivity index (χ4v) is 1.93. The third-order valence-electron chi connectivity index (χ3n) is 2.65. The zero-order valence-electron chi connectivity index (χ0n) is 7.73. The Kier molecular flexibility index (Phi) is 2.21. The molecule has 1 aliphatic rings. The van der Waals surface area contributed by atoms with E-state index in [-0.39, 0.29) is 0 Å². The molecule has 0 bridgehead atoms. The van der Waals surface area contributed by atoms with Crippen LogP contribution in [0.3, 0.4) is 0 Å². The number of pyridine rings is 1. The van der Waals surface area contributed by atoms with E-state index >= 15 is 0 Å². The van der Waals surface area contributed by atoms with E-state index in [0.29, 0.717) is 5.56 Å². The lowest BCUT2D eigenvalue weighted by atomic mass is 10.0. The van der Waals surface area contributed by atoms with Gasteiger partial charge in [0.2, 0.25) is 0 Å². The highest BCUT2D eigenvalue weighted by Gasteiger charge is 2.22. The van der Waals surface area contributed by atoms with Crippen molar-refractivity contribution < 1.29 is 9.90 Å². The van der Waals surface area contributed by atoms with Gasteiger partial charge in [0, 0.05) is 18.0 Å². The number of carboxylic acids is 1. The number of nitrogens with two attached hydrogens (primary N) is 1. The van der Waals surface area contributed by atoms with Crippen LogP contribution in [0, 0.1) is 0 Å². The molecule has 0 saturated carbocycles. The van der Waals surface area contributed by atoms with Crippen molar-refractivity contribution in [1.29, 1.82) is 0 Å². The first-order valence-corrected chi connectivity index (χ1v) is 4.64. The zero-order valence-corrected chi connectivity index (χ0v) is 7.73. The molecular formula is C10H12N2O2. The molecule has 3 N–H and O–H groups in total. The van der Waals surface area contributed by atoms with Crippen LogP contribution in [0.5, 0.6) is 0 Å². The Morgan fingerprint density at radius 1 is 1.50 bits per heavy atom. The smallest absolute Gasteiger partial charge is 0.325 e. The molecule has 1 aromatic rings. The minimum absolute atomic E-state index is 0.674. The molecule has 0 radical (unpaired) electrons. The number of aromatic nitrogens is 1. The van der Waals surface area contributed by atoms with E-state index in [9.17, 15) is 4.79 Å². The van der Waals surface area contributed by atoms with Gasteiger partial charge in [-0.15, -0.1) is 0 Å². The number of aliphatic carboxylic acids is 1. The summed E-state index contributed by atoms with van der Waals surface area (Å²) in [7, 11) is 0. The molecule has 4 heteroatoms. The molecule has 1 aliphatic carbocycles. The summed E-state index contributed by atoms with van der Waals surface area (Å²) < 4.78 is 0. The van der Waals surface area contributed by atoms with Gasteiger partial charge in [-0.25, -0.2) is 0 Å². The van der Waals surface area contributed by atoms with Gasteiger partial charge in [0.1, 0.15) is 6.04 Å². The van der Waals surface area contributed by atoms with Crippen LogP contribution in [-0.4, -0.2) is 16.1 Å². The molecule has 1 heterocycles. The average Bonchev–Trinajstić information content (AvgIpc) is 2.63. The van der Waals surface area contributed by atoms with Crippen molar-refractivity contribution in [3.8, 4) is 0 Å². The lowest BCUT2D eigenvalue weighted by molar-refractivity contribution is -0.138. The van der Waals surface area contributed by atoms with Crippen molar-refractivity contribution in [1.82, 2.24) is 4.98 Å². The second-order valence-corrected chi connectivity index (χ2v) is 3.54. The number of carboxylic acid groups (broad SMARTS) is 1. The van der Waals surface area contributed by atoms with Crippen LogP contribution in [-0.2, 0) is 17.6 Å². The third-order valence-corrected chi connectivity index (χ3v) is 2.65. The summed E-state index contributed by atoms with van der Waals surface area (Å²) in [6.07, 6.45) is 6.36. The van der Waals surface area contributed by atoms with Gasteiger partial charge in [0.15, 0.2) is 0 Å². The quantitative estimate of drug-likeness (QED) is 0.721. The van der Waals surface area contributed by atoms with Crippen molar-refractivity contribution >= 4 is 5.97 Å². The fourth-order valence-electron chi connectivity index (χ4n) is 1.93. The number of hydrogen-bond acceptors (Lipinski definition) is 3. The highest BCUT2D eigenvalue weighted by molar-refractivity contribution is 5.75. The topological polar surface area (TPSA) is 76.2 Å². The molecule has 0 saturated heterocycles. The standard InChI is InChI=1S/C10H12N2O2/c11-9(10(13)14)8-5-12-4-6-2-1-3-7(6)8/h4-5,9H,1-3,11H2,(H,13,14). The van der Waals surface area contributed by atoms with Gasteiger partial charge >= 0.3 is 5.97 Å². The predicted octanol–water partition coefficient (Wildman–Crippen LogP) is 0.655. The van der Waals surface area contributed by atoms with E-state index < -0.39 is 12.0 Å². The fraction of sp³-hybridized carbons (Fsp3) is 0.400. The van der Waals surface area contributed by atoms with Crippen molar-refractivity contribution in [2.24, 2.45) is 5.73 Å². The first-order chi connectivity index (χ1) is 6.70. The molecule has 0 aromatic carbocycles. The molecule has 4 nitrogen and oxygen atoms in total. The number of hydrogen-bond donors (Lipinski definition) is 2. The summed E-state index contributed by atoms with van der Waals surface area (Å²) in [6.45, 7) is 0. The molecule has 0 amide bonds. The molecule has 2 rings (SSSR count). The first-order valence-electron chi connectivity index (χ1n) is 4.64. The van der Waals surface area contributed by atoms with E-state index in [1.165, 1.54) is 0 Å². The maximum absolute atomic E-state index is 10.7. The summed E-state index contributed by atoms with van der Waals surface area (Å²) >= 11 is 0. The van der Waals surface area contributed by atoms with Crippen LogP contribution >= 0.6 is 0 Å². The lowest BCUT2D eigenvalue weighted by Gasteiger charge is -2.10. The van der Waals surface area contributed by atoms with Gasteiger partial charge in [-0.1, -0.05) is 0 Å². The van der Waals surface area contributed by atoms with Gasteiger partial charge in [-0.05, 0) is 30.4 Å². The van der Waals surface area contributed by atoms with Gasteiger partial charge in [0.25, 0.3) is 0 Å². The lowest BCUT2D eigenvalue weighted by Crippen LogP contribution is -2.22. The SMILES string of the molecule is NC(C(=O)O)c1cncc2c1CCC2. The minimum atomic E-state index is -0.993. The summed E-state index contributed by atoms with van der Waals surface area (Å²) in [5.74, 6) is -0.993. The first kappa shape index (κ1) is 9.15. The monoisotopic (exact) mass is 192 g/mol. The third kappa shape index (κ3) is 1.37. The Hall–Kier alpha value is -1.42. The number of aryl methyl sites for hydroxylation is 1. The molecule has 74 valence electrons. The Bertz CT molecular complexity index is 376. The van der Waals surface area contributed by atoms with Crippen molar-refractivity contribution in [3.63, 3.8) is 0 Å². The molecule has 1 aromatic heterocycles. The van der Waals surface area contributed by atoms with Crippen LogP contribution in [0.1, 0.15) is 29.2 Å². The highest BCUT2D eigenvalue weighted by Crippen LogP contribution is 2.27. The van der Waals surface area contributed by atoms with Gasteiger partial charge in [-0.3, -0.25) is 9.78 Å². The number of rotatable bonds is 2. The summed E-state index contributed by atoms with van der Waals surface area (Å²) in [5.41, 5.74) is 8.49. The van der Waals surface area contributed by atoms with Crippen LogP contribution in [0.25, 0.3) is 0 Å². The highest BCUT2D eigenvalue weighted by atomic mass is 16.4. The number of nitrogens with zero attached hydrogens (tertiary/aromatic N) is 1. The summed E-state index contributed by atoms with van der Waals surface area (Å²) in [4.78, 5) is 14.8. The maximum atomic E-state index is 10.7. The molecule has 0 spiro atoms. The number of fused-ring (bicyclic) bond motifs is 1. The Labute approximate surface area is 81.8 Å². The number of carbonyl (C=O) groups is 1. The Morgan fingerprint density at radius 2 is 2.29 bits per heavy atom. The molecular weight excluding hydrogens is 180 g/mol. The van der Waals surface area contributed by atoms with Gasteiger partial charge in [0.05, 0.1) is 0 Å². The second kappa shape index (κ2) is 3.38. The Morgan fingerprint density at radius 3 is 3.00 bits per heavy atom. The summed E-state index contributed by atoms with van der Waals surface area (Å²) in [6, 6.07) is -0.935. The average molecular weight is 192 g/mol. The second-order valence-electron chi connectivity index (χ2n) is 3.54. The normalized spacial score (nSPS) is 16.4. The molecule has 1 atom stereocenters. The summed E-state index contributed by atoms with van der Waals surface area (Å²) in [5, 5.41) is 8.81. The van der Waals surface area contributed by atoms with Crippen molar-refractivity contribution in [3.05, 3.63) is 29.1 Å². The molecule has 14 heavy (non-hydrogen) atoms. The van der Waals surface area contributed by atoms with E-state index in [1.54, 1.807) is 12.4 Å². The van der Waals surface area contributed by atoms with Crippen LogP contribution in [0.4, 0.5) is 0 Å². The largest absolute Gasteiger partial charge is 0.480 e.